The van der Waals surface area contributed by atoms with Crippen LogP contribution in [0.15, 0.2) is 60.8 Å². The van der Waals surface area contributed by atoms with Gasteiger partial charge in [-0.25, -0.2) is 4.98 Å². The number of carbonyl (C=O) groups is 1. The van der Waals surface area contributed by atoms with Crippen molar-refractivity contribution in [1.29, 1.82) is 0 Å². The third-order valence-corrected chi connectivity index (χ3v) is 7.17. The number of anilines is 2. The van der Waals surface area contributed by atoms with Crippen molar-refractivity contribution in [3.8, 4) is 11.5 Å². The Labute approximate surface area is 214 Å². The standard InChI is InChI=1S/C30H36N4O2/c1-30(2,3)24-5-4-6-25(19-24)33-29(35)22-8-7-21-9-10-26(18-23(21)17-22)36-27-11-12-32-28(20-27)34-15-13-31-14-16-34/h4-6,9-12,18-20,22,31H,7-8,13-17H2,1-3H3,(H,33,35). The molecule has 2 heterocycles. The van der Waals surface area contributed by atoms with E-state index in [0.29, 0.717) is 0 Å². The maximum absolute atomic E-state index is 13.1. The van der Waals surface area contributed by atoms with E-state index in [9.17, 15) is 4.79 Å². The van der Waals surface area contributed by atoms with Crippen molar-refractivity contribution in [1.82, 2.24) is 10.3 Å². The van der Waals surface area contributed by atoms with Crippen molar-refractivity contribution < 1.29 is 9.53 Å². The average Bonchev–Trinajstić information content (AvgIpc) is 2.88. The fourth-order valence-corrected chi connectivity index (χ4v) is 4.99. The number of hydrogen-bond acceptors (Lipinski definition) is 5. The van der Waals surface area contributed by atoms with E-state index in [1.54, 1.807) is 6.20 Å². The first-order chi connectivity index (χ1) is 17.3. The molecule has 1 atom stereocenters. The molecule has 1 aliphatic carbocycles. The molecule has 1 aliphatic heterocycles. The normalized spacial score (nSPS) is 17.9. The van der Waals surface area contributed by atoms with Crippen LogP contribution in [0, 0.1) is 5.92 Å². The van der Waals surface area contributed by atoms with Crippen LogP contribution in [0.5, 0.6) is 11.5 Å². The van der Waals surface area contributed by atoms with Gasteiger partial charge in [0.15, 0.2) is 0 Å². The van der Waals surface area contributed by atoms with Crippen LogP contribution >= 0.6 is 0 Å². The van der Waals surface area contributed by atoms with Crippen molar-refractivity contribution >= 4 is 17.4 Å². The van der Waals surface area contributed by atoms with Crippen LogP contribution in [0.25, 0.3) is 0 Å². The van der Waals surface area contributed by atoms with Gasteiger partial charge in [0.1, 0.15) is 17.3 Å². The Bertz CT molecular complexity index is 1230. The van der Waals surface area contributed by atoms with Crippen LogP contribution < -0.4 is 20.3 Å². The molecular weight excluding hydrogens is 448 g/mol. The second-order valence-corrected chi connectivity index (χ2v) is 10.9. The molecule has 188 valence electrons. The first-order valence-electron chi connectivity index (χ1n) is 13.0. The zero-order valence-electron chi connectivity index (χ0n) is 21.5. The summed E-state index contributed by atoms with van der Waals surface area (Å²) in [7, 11) is 0. The number of carbonyl (C=O) groups excluding carboxylic acids is 1. The third kappa shape index (κ3) is 5.71. The molecule has 2 N–H and O–H groups in total. The highest BCUT2D eigenvalue weighted by Gasteiger charge is 2.26. The molecule has 1 amide bonds. The van der Waals surface area contributed by atoms with Gasteiger partial charge in [-0.2, -0.15) is 0 Å². The molecule has 6 nitrogen and oxygen atoms in total. The topological polar surface area (TPSA) is 66.5 Å². The van der Waals surface area contributed by atoms with Gasteiger partial charge < -0.3 is 20.3 Å². The zero-order valence-corrected chi connectivity index (χ0v) is 21.5. The summed E-state index contributed by atoms with van der Waals surface area (Å²) in [5, 5.41) is 6.53. The first kappa shape index (κ1) is 24.3. The quantitative estimate of drug-likeness (QED) is 0.513. The van der Waals surface area contributed by atoms with E-state index in [4.69, 9.17) is 4.74 Å². The van der Waals surface area contributed by atoms with E-state index in [1.165, 1.54) is 16.7 Å². The lowest BCUT2D eigenvalue weighted by molar-refractivity contribution is -0.120. The first-order valence-corrected chi connectivity index (χ1v) is 13.0. The molecule has 0 saturated carbocycles. The van der Waals surface area contributed by atoms with Gasteiger partial charge in [-0.1, -0.05) is 39.0 Å². The Hall–Kier alpha value is -3.38. The van der Waals surface area contributed by atoms with Crippen molar-refractivity contribution in [3.05, 3.63) is 77.5 Å². The highest BCUT2D eigenvalue weighted by molar-refractivity contribution is 5.93. The summed E-state index contributed by atoms with van der Waals surface area (Å²) in [6.07, 6.45) is 4.29. The van der Waals surface area contributed by atoms with Crippen molar-refractivity contribution in [2.24, 2.45) is 5.92 Å². The lowest BCUT2D eigenvalue weighted by Crippen LogP contribution is -2.43. The van der Waals surface area contributed by atoms with E-state index in [1.807, 2.05) is 30.3 Å². The molecule has 2 aliphatic rings. The molecular formula is C30H36N4O2. The third-order valence-electron chi connectivity index (χ3n) is 7.17. The lowest BCUT2D eigenvalue weighted by Gasteiger charge is -2.28. The lowest BCUT2D eigenvalue weighted by atomic mass is 9.83. The second-order valence-electron chi connectivity index (χ2n) is 10.9. The molecule has 0 spiro atoms. The number of hydrogen-bond donors (Lipinski definition) is 2. The second kappa shape index (κ2) is 10.3. The largest absolute Gasteiger partial charge is 0.457 e. The monoisotopic (exact) mass is 484 g/mol. The molecule has 0 bridgehead atoms. The van der Waals surface area contributed by atoms with Crippen molar-refractivity contribution in [3.63, 3.8) is 0 Å². The highest BCUT2D eigenvalue weighted by Crippen LogP contribution is 2.32. The molecule has 2 aromatic carbocycles. The Morgan fingerprint density at radius 1 is 1.03 bits per heavy atom. The smallest absolute Gasteiger partial charge is 0.227 e. The van der Waals surface area contributed by atoms with Gasteiger partial charge in [-0.3, -0.25) is 4.79 Å². The van der Waals surface area contributed by atoms with Gasteiger partial charge in [0, 0.05) is 50.0 Å². The molecule has 5 rings (SSSR count). The molecule has 1 fully saturated rings. The number of benzene rings is 2. The maximum atomic E-state index is 13.1. The average molecular weight is 485 g/mol. The van der Waals surface area contributed by atoms with E-state index in [2.05, 4.69) is 65.6 Å². The minimum absolute atomic E-state index is 0.0431. The summed E-state index contributed by atoms with van der Waals surface area (Å²) in [6.45, 7) is 10.4. The van der Waals surface area contributed by atoms with Crippen molar-refractivity contribution in [2.45, 2.75) is 45.4 Å². The number of aryl methyl sites for hydroxylation is 1. The number of rotatable bonds is 5. The molecule has 0 radical (unpaired) electrons. The summed E-state index contributed by atoms with van der Waals surface area (Å²) in [6, 6.07) is 18.4. The zero-order chi connectivity index (χ0) is 25.1. The van der Waals surface area contributed by atoms with E-state index in [0.717, 1.165) is 68.4 Å². The molecule has 6 heteroatoms. The summed E-state index contributed by atoms with van der Waals surface area (Å²) < 4.78 is 6.23. The fourth-order valence-electron chi connectivity index (χ4n) is 4.99. The van der Waals surface area contributed by atoms with Crippen LogP contribution in [0.4, 0.5) is 11.5 Å². The van der Waals surface area contributed by atoms with Gasteiger partial charge in [-0.15, -0.1) is 0 Å². The number of nitrogens with zero attached hydrogens (tertiary/aromatic N) is 2. The number of pyridine rings is 1. The molecule has 1 unspecified atom stereocenters. The predicted molar refractivity (Wildman–Crippen MR) is 145 cm³/mol. The Kier molecular flexibility index (Phi) is 6.97. The summed E-state index contributed by atoms with van der Waals surface area (Å²) in [5.74, 6) is 2.56. The maximum Gasteiger partial charge on any atom is 0.227 e. The van der Waals surface area contributed by atoms with Gasteiger partial charge in [-0.05, 0) is 71.7 Å². The number of ether oxygens (including phenoxy) is 1. The number of amides is 1. The van der Waals surface area contributed by atoms with Gasteiger partial charge in [0.2, 0.25) is 5.91 Å². The minimum atomic E-state index is -0.0497. The molecule has 1 aromatic heterocycles. The van der Waals surface area contributed by atoms with Crippen molar-refractivity contribution in [2.75, 3.05) is 36.4 Å². The van der Waals surface area contributed by atoms with Crippen LogP contribution in [0.2, 0.25) is 0 Å². The Balaban J connectivity index is 1.26. The number of piperazine rings is 1. The Morgan fingerprint density at radius 2 is 1.83 bits per heavy atom. The molecule has 3 aromatic rings. The fraction of sp³-hybridized carbons (Fsp3) is 0.400. The van der Waals surface area contributed by atoms with Gasteiger partial charge in [0.25, 0.3) is 0 Å². The van der Waals surface area contributed by atoms with Gasteiger partial charge in [0.05, 0.1) is 0 Å². The van der Waals surface area contributed by atoms with Gasteiger partial charge >= 0.3 is 0 Å². The highest BCUT2D eigenvalue weighted by atomic mass is 16.5. The van der Waals surface area contributed by atoms with Crippen LogP contribution in [0.1, 0.15) is 43.9 Å². The SMILES string of the molecule is CC(C)(C)c1cccc(NC(=O)C2CCc3ccc(Oc4ccnc(N5CCNCC5)c4)cc3C2)c1. The van der Waals surface area contributed by atoms with E-state index < -0.39 is 0 Å². The molecule has 36 heavy (non-hydrogen) atoms. The van der Waals surface area contributed by atoms with Crippen LogP contribution in [0.3, 0.4) is 0 Å². The summed E-state index contributed by atoms with van der Waals surface area (Å²) in [4.78, 5) is 19.9. The molecule has 1 saturated heterocycles. The number of fused-ring (bicyclic) bond motifs is 1. The summed E-state index contributed by atoms with van der Waals surface area (Å²) >= 11 is 0. The summed E-state index contributed by atoms with van der Waals surface area (Å²) in [5.41, 5.74) is 4.62. The predicted octanol–water partition coefficient (Wildman–Crippen LogP) is 5.32. The van der Waals surface area contributed by atoms with Crippen LogP contribution in [-0.2, 0) is 23.1 Å². The van der Waals surface area contributed by atoms with Crippen LogP contribution in [-0.4, -0.2) is 37.1 Å². The number of aromatic nitrogens is 1. The minimum Gasteiger partial charge on any atom is -0.457 e. The van der Waals surface area contributed by atoms with E-state index >= 15 is 0 Å². The number of nitrogens with one attached hydrogen (secondary N) is 2. The Morgan fingerprint density at radius 3 is 2.64 bits per heavy atom. The van der Waals surface area contributed by atoms with E-state index in [-0.39, 0.29) is 17.2 Å².